The van der Waals surface area contributed by atoms with Crippen molar-refractivity contribution in [1.29, 1.82) is 0 Å². The normalized spacial score (nSPS) is 21.9. The van der Waals surface area contributed by atoms with Gasteiger partial charge in [0.25, 0.3) is 5.91 Å². The molecule has 1 aromatic heterocycles. The van der Waals surface area contributed by atoms with E-state index in [1.807, 2.05) is 29.2 Å². The van der Waals surface area contributed by atoms with Crippen LogP contribution in [0.15, 0.2) is 41.2 Å². The summed E-state index contributed by atoms with van der Waals surface area (Å²) in [5, 5.41) is 11.2. The van der Waals surface area contributed by atoms with Crippen molar-refractivity contribution in [2.45, 2.75) is 51.7 Å². The predicted octanol–water partition coefficient (Wildman–Crippen LogP) is 2.77. The Balaban J connectivity index is 1.41. The molecule has 5 rings (SSSR count). The van der Waals surface area contributed by atoms with Crippen molar-refractivity contribution in [3.63, 3.8) is 0 Å². The molecule has 0 saturated carbocycles. The number of rotatable bonds is 5. The second-order valence-corrected chi connectivity index (χ2v) is 10.1. The lowest BCUT2D eigenvalue weighted by molar-refractivity contribution is -0.386. The van der Waals surface area contributed by atoms with Crippen LogP contribution in [0.4, 0.5) is 5.69 Å². The highest BCUT2D eigenvalue weighted by Gasteiger charge is 2.42. The van der Waals surface area contributed by atoms with Crippen molar-refractivity contribution in [3.8, 4) is 0 Å². The highest BCUT2D eigenvalue weighted by molar-refractivity contribution is 6.01. The van der Waals surface area contributed by atoms with Crippen LogP contribution in [-0.4, -0.2) is 50.2 Å². The Labute approximate surface area is 197 Å². The van der Waals surface area contributed by atoms with Gasteiger partial charge in [0.15, 0.2) is 0 Å². The molecular weight excluding hydrogens is 436 g/mol. The summed E-state index contributed by atoms with van der Waals surface area (Å²) in [6.07, 6.45) is 1.41. The average molecular weight is 465 g/mol. The standard InChI is InChI=1S/C25H28N4O5/c1-15(2)9-22(28-14-17-5-3-4-6-19(17)23(28)30)24(31)26-11-16-10-18(13-26)20-7-8-21(29(33)34)25(32)27(20)12-16/h3-8,15-16,18,22H,9-14H2,1-2H3/t16-,18?,22+/m1/s1. The second kappa shape index (κ2) is 8.38. The van der Waals surface area contributed by atoms with Gasteiger partial charge < -0.3 is 14.4 Å². The minimum absolute atomic E-state index is 0.0427. The van der Waals surface area contributed by atoms with Gasteiger partial charge in [-0.3, -0.25) is 24.5 Å². The van der Waals surface area contributed by atoms with Crippen LogP contribution in [0, 0.1) is 22.0 Å². The largest absolute Gasteiger partial charge is 0.340 e. The topological polar surface area (TPSA) is 106 Å². The molecule has 2 bridgehead atoms. The summed E-state index contributed by atoms with van der Waals surface area (Å²) >= 11 is 0. The molecule has 1 unspecified atom stereocenters. The number of amides is 2. The Bertz CT molecular complexity index is 1240. The van der Waals surface area contributed by atoms with Gasteiger partial charge in [0.05, 0.1) is 4.92 Å². The molecule has 34 heavy (non-hydrogen) atoms. The lowest BCUT2D eigenvalue weighted by Gasteiger charge is -2.44. The molecule has 0 N–H and O–H groups in total. The van der Waals surface area contributed by atoms with Crippen LogP contribution in [0.5, 0.6) is 0 Å². The summed E-state index contributed by atoms with van der Waals surface area (Å²) in [5.74, 6) is 0.0603. The molecule has 0 radical (unpaired) electrons. The van der Waals surface area contributed by atoms with Crippen LogP contribution >= 0.6 is 0 Å². The van der Waals surface area contributed by atoms with Gasteiger partial charge in [-0.15, -0.1) is 0 Å². The zero-order valence-corrected chi connectivity index (χ0v) is 19.3. The molecule has 9 heteroatoms. The third-order valence-electron chi connectivity index (χ3n) is 7.30. The first kappa shape index (κ1) is 22.3. The van der Waals surface area contributed by atoms with Gasteiger partial charge >= 0.3 is 11.2 Å². The summed E-state index contributed by atoms with van der Waals surface area (Å²) < 4.78 is 1.52. The first-order valence-corrected chi connectivity index (χ1v) is 11.8. The maximum atomic E-state index is 13.8. The van der Waals surface area contributed by atoms with Crippen molar-refractivity contribution >= 4 is 17.5 Å². The van der Waals surface area contributed by atoms with Crippen LogP contribution in [0.3, 0.4) is 0 Å². The third-order valence-corrected chi connectivity index (χ3v) is 7.30. The number of nitrogens with zero attached hydrogens (tertiary/aromatic N) is 4. The molecule has 1 saturated heterocycles. The average Bonchev–Trinajstić information content (AvgIpc) is 3.13. The zero-order chi connectivity index (χ0) is 24.1. The fourth-order valence-corrected chi connectivity index (χ4v) is 5.80. The number of carbonyl (C=O) groups is 2. The van der Waals surface area contributed by atoms with Crippen molar-refractivity contribution < 1.29 is 14.5 Å². The van der Waals surface area contributed by atoms with Crippen LogP contribution in [0.2, 0.25) is 0 Å². The SMILES string of the molecule is CC(C)C[C@@H](C(=O)N1CC2C[C@H](C1)Cn1c2ccc([N+](=O)[O-])c1=O)N1Cc2ccccc2C1=O. The highest BCUT2D eigenvalue weighted by atomic mass is 16.6. The molecular formula is C25H28N4O5. The number of carbonyl (C=O) groups excluding carboxylic acids is 2. The van der Waals surface area contributed by atoms with E-state index in [9.17, 15) is 24.5 Å². The fourth-order valence-electron chi connectivity index (χ4n) is 5.80. The second-order valence-electron chi connectivity index (χ2n) is 10.1. The molecule has 1 aromatic carbocycles. The highest BCUT2D eigenvalue weighted by Crippen LogP contribution is 2.37. The van der Waals surface area contributed by atoms with E-state index in [1.165, 1.54) is 10.6 Å². The molecule has 3 aliphatic rings. The lowest BCUT2D eigenvalue weighted by atomic mass is 9.82. The van der Waals surface area contributed by atoms with Crippen molar-refractivity contribution in [2.75, 3.05) is 13.1 Å². The Morgan fingerprint density at radius 3 is 2.59 bits per heavy atom. The molecule has 2 amide bonds. The summed E-state index contributed by atoms with van der Waals surface area (Å²) in [5.41, 5.74) is 1.36. The van der Waals surface area contributed by atoms with E-state index in [4.69, 9.17) is 0 Å². The smallest absolute Gasteiger partial charge is 0.334 e. The summed E-state index contributed by atoms with van der Waals surface area (Å²) in [6, 6.07) is 9.88. The van der Waals surface area contributed by atoms with Gasteiger partial charge in [-0.1, -0.05) is 32.0 Å². The van der Waals surface area contributed by atoms with E-state index >= 15 is 0 Å². The summed E-state index contributed by atoms with van der Waals surface area (Å²) in [7, 11) is 0. The van der Waals surface area contributed by atoms with Gasteiger partial charge in [0.1, 0.15) is 6.04 Å². The van der Waals surface area contributed by atoms with Gasteiger partial charge in [-0.25, -0.2) is 0 Å². The number of hydrogen-bond donors (Lipinski definition) is 0. The molecule has 3 atom stereocenters. The van der Waals surface area contributed by atoms with Gasteiger partial charge in [0, 0.05) is 49.4 Å². The molecule has 3 aliphatic heterocycles. The number of likely N-dealkylation sites (tertiary alicyclic amines) is 1. The molecule has 4 heterocycles. The maximum absolute atomic E-state index is 13.8. The molecule has 2 aromatic rings. The van der Waals surface area contributed by atoms with E-state index in [-0.39, 0.29) is 29.6 Å². The minimum atomic E-state index is -0.641. The number of benzene rings is 1. The number of nitro groups is 1. The first-order valence-electron chi connectivity index (χ1n) is 11.8. The van der Waals surface area contributed by atoms with Crippen LogP contribution in [-0.2, 0) is 17.9 Å². The molecule has 1 fully saturated rings. The van der Waals surface area contributed by atoms with Gasteiger partial charge in [-0.2, -0.15) is 0 Å². The summed E-state index contributed by atoms with van der Waals surface area (Å²) in [6.45, 7) is 5.81. The van der Waals surface area contributed by atoms with E-state index in [0.717, 1.165) is 17.7 Å². The third kappa shape index (κ3) is 3.69. The first-order chi connectivity index (χ1) is 16.2. The monoisotopic (exact) mass is 464 g/mol. The lowest BCUT2D eigenvalue weighted by Crippen LogP contribution is -2.55. The van der Waals surface area contributed by atoms with Gasteiger partial charge in [0.2, 0.25) is 5.91 Å². The van der Waals surface area contributed by atoms with Crippen LogP contribution < -0.4 is 5.56 Å². The zero-order valence-electron chi connectivity index (χ0n) is 19.3. The van der Waals surface area contributed by atoms with Crippen molar-refractivity contribution in [2.24, 2.45) is 11.8 Å². The Morgan fingerprint density at radius 2 is 1.88 bits per heavy atom. The Hall–Kier alpha value is -3.49. The van der Waals surface area contributed by atoms with Crippen LogP contribution in [0.25, 0.3) is 0 Å². The number of aromatic nitrogens is 1. The molecule has 9 nitrogen and oxygen atoms in total. The number of hydrogen-bond acceptors (Lipinski definition) is 5. The Kier molecular flexibility index (Phi) is 5.50. The Morgan fingerprint density at radius 1 is 1.12 bits per heavy atom. The van der Waals surface area contributed by atoms with Gasteiger partial charge in [-0.05, 0) is 42.4 Å². The maximum Gasteiger partial charge on any atom is 0.334 e. The number of pyridine rings is 1. The predicted molar refractivity (Wildman–Crippen MR) is 124 cm³/mol. The molecule has 0 aliphatic carbocycles. The number of fused-ring (bicyclic) bond motifs is 5. The summed E-state index contributed by atoms with van der Waals surface area (Å²) in [4.78, 5) is 53.8. The van der Waals surface area contributed by atoms with Crippen molar-refractivity contribution in [3.05, 3.63) is 73.7 Å². The number of piperidine rings is 1. The molecule has 0 spiro atoms. The quantitative estimate of drug-likeness (QED) is 0.500. The van der Waals surface area contributed by atoms with E-state index in [0.29, 0.717) is 38.2 Å². The van der Waals surface area contributed by atoms with E-state index in [2.05, 4.69) is 13.8 Å². The molecule has 178 valence electrons. The van der Waals surface area contributed by atoms with Crippen molar-refractivity contribution in [1.82, 2.24) is 14.4 Å². The fraction of sp³-hybridized carbons (Fsp3) is 0.480. The van der Waals surface area contributed by atoms with Crippen LogP contribution in [0.1, 0.15) is 54.2 Å². The minimum Gasteiger partial charge on any atom is -0.340 e. The van der Waals surface area contributed by atoms with E-state index in [1.54, 1.807) is 11.0 Å². The van der Waals surface area contributed by atoms with E-state index < -0.39 is 22.2 Å².